The van der Waals surface area contributed by atoms with Crippen LogP contribution in [0.4, 0.5) is 0 Å². The summed E-state index contributed by atoms with van der Waals surface area (Å²) in [6.45, 7) is 2.30. The van der Waals surface area contributed by atoms with Crippen LogP contribution in [0.2, 0.25) is 5.82 Å². The first-order valence-corrected chi connectivity index (χ1v) is 7.79. The lowest BCUT2D eigenvalue weighted by Crippen LogP contribution is -2.51. The van der Waals surface area contributed by atoms with Gasteiger partial charge < -0.3 is 4.74 Å². The number of aryl methyl sites for hydroxylation is 2. The highest BCUT2D eigenvalue weighted by Gasteiger charge is 2.19. The van der Waals surface area contributed by atoms with Gasteiger partial charge in [0.15, 0.2) is 0 Å². The van der Waals surface area contributed by atoms with E-state index in [1.54, 1.807) is 0 Å². The first-order chi connectivity index (χ1) is 10.1. The molecule has 0 saturated carbocycles. The first kappa shape index (κ1) is 15.9. The fraction of sp³-hybridized carbons (Fsp3) is 0.625. The fourth-order valence-electron chi connectivity index (χ4n) is 2.93. The smallest absolute Gasteiger partial charge is 0.268 e. The average Bonchev–Trinajstić information content (AvgIpc) is 2.79. The molecule has 1 aliphatic carbocycles. The Kier molecular flexibility index (Phi) is 5.65. The summed E-state index contributed by atoms with van der Waals surface area (Å²) in [5.74, 6) is 0.306. The number of nitrogens with zero attached hydrogens (tertiary/aromatic N) is 2. The third-order valence-corrected chi connectivity index (χ3v) is 4.14. The fourth-order valence-corrected chi connectivity index (χ4v) is 2.93. The van der Waals surface area contributed by atoms with Gasteiger partial charge in [-0.3, -0.25) is 13.9 Å². The number of rotatable bonds is 6. The van der Waals surface area contributed by atoms with Gasteiger partial charge in [0.25, 0.3) is 5.97 Å². The Bertz CT molecular complexity index is 491. The van der Waals surface area contributed by atoms with Gasteiger partial charge in [-0.1, -0.05) is 18.6 Å². The van der Waals surface area contributed by atoms with Crippen molar-refractivity contribution in [3.63, 3.8) is 0 Å². The van der Waals surface area contributed by atoms with E-state index in [0.29, 0.717) is 12.5 Å². The van der Waals surface area contributed by atoms with Gasteiger partial charge in [0.2, 0.25) is 0 Å². The van der Waals surface area contributed by atoms with E-state index in [1.165, 1.54) is 6.42 Å². The summed E-state index contributed by atoms with van der Waals surface area (Å²) >= 11 is 0. The Labute approximate surface area is 128 Å². The van der Waals surface area contributed by atoms with Crippen LogP contribution in [0.25, 0.3) is 0 Å². The maximum Gasteiger partial charge on any atom is 0.268 e. The van der Waals surface area contributed by atoms with Crippen molar-refractivity contribution in [3.8, 4) is 0 Å². The average molecular weight is 288 g/mol. The molecule has 5 heteroatoms. The molecule has 2 rings (SSSR count). The zero-order chi connectivity index (χ0) is 15.2. The van der Waals surface area contributed by atoms with Gasteiger partial charge in [0.1, 0.15) is 12.4 Å². The van der Waals surface area contributed by atoms with Crippen molar-refractivity contribution >= 4 is 19.0 Å². The number of hydrogen-bond donors (Lipinski definition) is 0. The lowest BCUT2D eigenvalue weighted by atomic mass is 9.59. The Morgan fingerprint density at radius 2 is 2.38 bits per heavy atom. The summed E-state index contributed by atoms with van der Waals surface area (Å²) in [7, 11) is 6.05. The predicted octanol–water partition coefficient (Wildman–Crippen LogP) is 1.28. The molecule has 0 bridgehead atoms. The molecule has 1 aromatic rings. The quantitative estimate of drug-likeness (QED) is 0.342. The van der Waals surface area contributed by atoms with Gasteiger partial charge in [0, 0.05) is 5.72 Å². The lowest BCUT2D eigenvalue weighted by molar-refractivity contribution is -0.653. The van der Waals surface area contributed by atoms with Crippen LogP contribution in [0.3, 0.4) is 0 Å². The van der Waals surface area contributed by atoms with Gasteiger partial charge >= 0.3 is 0 Å². The van der Waals surface area contributed by atoms with E-state index >= 15 is 0 Å². The zero-order valence-electron chi connectivity index (χ0n) is 13.3. The van der Waals surface area contributed by atoms with Crippen molar-refractivity contribution in [3.05, 3.63) is 24.5 Å². The standard InChI is InChI=1S/C16H25BN2O2/c1-4-21-15(20)14(12-13-8-6-5-7-9-13)17-16-18(2)10-11-19(16)3/h5-6,10-11,13-14H,4,7-9,12H2,1-3H3. The first-order valence-electron chi connectivity index (χ1n) is 7.79. The number of esters is 1. The van der Waals surface area contributed by atoms with Gasteiger partial charge in [-0.05, 0) is 32.1 Å². The number of hydrogen-bond acceptors (Lipinski definition) is 2. The molecule has 2 atom stereocenters. The minimum Gasteiger partial charge on any atom is -0.468 e. The molecule has 1 aliphatic rings. The van der Waals surface area contributed by atoms with Crippen LogP contribution in [0.15, 0.2) is 24.5 Å². The summed E-state index contributed by atoms with van der Waals surface area (Å²) in [5, 5.41) is 0. The van der Waals surface area contributed by atoms with Crippen molar-refractivity contribution in [2.45, 2.75) is 38.4 Å². The number of allylic oxidation sites excluding steroid dienone is 2. The van der Waals surface area contributed by atoms with Crippen LogP contribution in [-0.2, 0) is 23.6 Å². The van der Waals surface area contributed by atoms with Crippen molar-refractivity contribution in [2.75, 3.05) is 6.61 Å². The van der Waals surface area contributed by atoms with E-state index in [4.69, 9.17) is 4.74 Å². The maximum absolute atomic E-state index is 12.3. The monoisotopic (exact) mass is 288 g/mol. The van der Waals surface area contributed by atoms with E-state index in [-0.39, 0.29) is 11.8 Å². The summed E-state index contributed by atoms with van der Waals surface area (Å²) in [6.07, 6.45) is 12.7. The van der Waals surface area contributed by atoms with Crippen LogP contribution < -0.4 is 10.3 Å². The van der Waals surface area contributed by atoms with Gasteiger partial charge in [-0.25, -0.2) is 0 Å². The van der Waals surface area contributed by atoms with Crippen LogP contribution in [0.5, 0.6) is 0 Å². The maximum atomic E-state index is 12.3. The van der Waals surface area contributed by atoms with E-state index in [9.17, 15) is 4.79 Å². The molecular weight excluding hydrogens is 263 g/mol. The van der Waals surface area contributed by atoms with Gasteiger partial charge in [-0.15, -0.1) is 5.82 Å². The minimum atomic E-state index is -0.166. The second-order valence-corrected chi connectivity index (χ2v) is 5.79. The molecule has 0 fully saturated rings. The summed E-state index contributed by atoms with van der Waals surface area (Å²) in [5.41, 5.74) is 1.04. The van der Waals surface area contributed by atoms with Crippen molar-refractivity contribution < 1.29 is 14.1 Å². The Hall–Kier alpha value is -1.52. The van der Waals surface area contributed by atoms with Gasteiger partial charge in [-0.2, -0.15) is 7.28 Å². The lowest BCUT2D eigenvalue weighted by Gasteiger charge is -2.29. The van der Waals surface area contributed by atoms with Crippen LogP contribution in [-0.4, -0.2) is 24.4 Å². The minimum absolute atomic E-state index is 0.103. The van der Waals surface area contributed by atoms with Crippen LogP contribution in [0.1, 0.15) is 32.6 Å². The topological polar surface area (TPSA) is 35.1 Å². The third kappa shape index (κ3) is 4.22. The molecule has 4 nitrogen and oxygen atoms in total. The Morgan fingerprint density at radius 1 is 1.57 bits per heavy atom. The van der Waals surface area contributed by atoms with Crippen LogP contribution in [0, 0.1) is 5.92 Å². The molecule has 0 spiro atoms. The van der Waals surface area contributed by atoms with E-state index in [0.717, 1.165) is 25.0 Å². The normalized spacial score (nSPS) is 19.5. The van der Waals surface area contributed by atoms with Crippen molar-refractivity contribution in [2.24, 2.45) is 20.0 Å². The molecule has 0 amide bonds. The van der Waals surface area contributed by atoms with Crippen molar-refractivity contribution in [1.29, 1.82) is 0 Å². The molecule has 114 valence electrons. The summed E-state index contributed by atoms with van der Waals surface area (Å²) < 4.78 is 9.34. The second kappa shape index (κ2) is 7.48. The highest BCUT2D eigenvalue weighted by atomic mass is 16.5. The summed E-state index contributed by atoms with van der Waals surface area (Å²) in [4.78, 5) is 12.3. The third-order valence-electron chi connectivity index (χ3n) is 4.14. The zero-order valence-corrected chi connectivity index (χ0v) is 13.3. The molecule has 2 radical (unpaired) electrons. The molecule has 0 saturated heterocycles. The Morgan fingerprint density at radius 3 is 2.95 bits per heavy atom. The molecule has 0 aromatic carbocycles. The SMILES string of the molecule is CCOC(=O)C([B-]c1n(C)cc[n+]1C)CC1CC=CCC1. The number of ether oxygens (including phenoxy) is 1. The second-order valence-electron chi connectivity index (χ2n) is 5.79. The number of carbonyl (C=O) groups excluding carboxylic acids is 1. The molecule has 21 heavy (non-hydrogen) atoms. The highest BCUT2D eigenvalue weighted by Crippen LogP contribution is 2.28. The molecule has 2 unspecified atom stereocenters. The molecular formula is C16H25BN2O2. The van der Waals surface area contributed by atoms with E-state index < -0.39 is 0 Å². The number of imidazole rings is 1. The van der Waals surface area contributed by atoms with Crippen molar-refractivity contribution in [1.82, 2.24) is 4.57 Å². The largest absolute Gasteiger partial charge is 0.468 e. The van der Waals surface area contributed by atoms with Crippen LogP contribution >= 0.6 is 0 Å². The number of aromatic nitrogens is 2. The number of carbonyl (C=O) groups is 1. The molecule has 1 aromatic heterocycles. The molecule has 0 aliphatic heterocycles. The highest BCUT2D eigenvalue weighted by molar-refractivity contribution is 6.56. The summed E-state index contributed by atoms with van der Waals surface area (Å²) in [6, 6.07) is 0. The van der Waals surface area contributed by atoms with E-state index in [2.05, 4.69) is 19.4 Å². The van der Waals surface area contributed by atoms with Gasteiger partial charge in [0.05, 0.1) is 20.7 Å². The Balaban J connectivity index is 2.08. The molecule has 1 heterocycles. The predicted molar refractivity (Wildman–Crippen MR) is 83.5 cm³/mol. The van der Waals surface area contributed by atoms with E-state index in [1.807, 2.05) is 42.5 Å². The molecule has 0 N–H and O–H groups in total.